The second-order valence-electron chi connectivity index (χ2n) is 7.10. The third kappa shape index (κ3) is 6.92. The van der Waals surface area contributed by atoms with Crippen LogP contribution in [0, 0.1) is 0 Å². The molecule has 0 radical (unpaired) electrons. The molecular formula is C20H36NO2+. The first kappa shape index (κ1) is 20.0. The zero-order chi connectivity index (χ0) is 17.3. The Kier molecular flexibility index (Phi) is 8.07. The molecule has 0 aromatic heterocycles. The van der Waals surface area contributed by atoms with Crippen molar-refractivity contribution in [3.63, 3.8) is 0 Å². The van der Waals surface area contributed by atoms with Gasteiger partial charge in [-0.2, -0.15) is 0 Å². The lowest BCUT2D eigenvalue weighted by atomic mass is 10.1. The Hall–Kier alpha value is -1.06. The molecule has 3 nitrogen and oxygen atoms in total. The van der Waals surface area contributed by atoms with Crippen LogP contribution >= 0.6 is 0 Å². The summed E-state index contributed by atoms with van der Waals surface area (Å²) in [4.78, 5) is 0. The number of hydrogen-bond acceptors (Lipinski definition) is 2. The number of quaternary nitrogens is 1. The zero-order valence-electron chi connectivity index (χ0n) is 16.0. The Morgan fingerprint density at radius 2 is 1.57 bits per heavy atom. The first-order valence-electron chi connectivity index (χ1n) is 9.07. The van der Waals surface area contributed by atoms with Crippen LogP contribution in [-0.2, 0) is 4.74 Å². The minimum atomic E-state index is -0.318. The van der Waals surface area contributed by atoms with E-state index in [1.807, 2.05) is 30.3 Å². The molecule has 132 valence electrons. The number of hydrogen-bond donors (Lipinski definition) is 0. The Morgan fingerprint density at radius 3 is 2.09 bits per heavy atom. The van der Waals surface area contributed by atoms with Gasteiger partial charge in [-0.3, -0.25) is 0 Å². The van der Waals surface area contributed by atoms with Crippen molar-refractivity contribution in [1.29, 1.82) is 0 Å². The highest BCUT2D eigenvalue weighted by atomic mass is 16.5. The highest BCUT2D eigenvalue weighted by Gasteiger charge is 2.24. The molecule has 0 heterocycles. The van der Waals surface area contributed by atoms with Crippen LogP contribution < -0.4 is 4.74 Å². The van der Waals surface area contributed by atoms with Crippen LogP contribution in [0.2, 0.25) is 0 Å². The van der Waals surface area contributed by atoms with Crippen LogP contribution in [-0.4, -0.2) is 49.0 Å². The van der Waals surface area contributed by atoms with Gasteiger partial charge in [0.2, 0.25) is 0 Å². The van der Waals surface area contributed by atoms with Crippen LogP contribution in [0.5, 0.6) is 5.75 Å². The molecule has 1 aromatic rings. The summed E-state index contributed by atoms with van der Waals surface area (Å²) in [5.74, 6) is 0.896. The van der Waals surface area contributed by atoms with E-state index in [0.717, 1.165) is 12.2 Å². The number of nitrogens with zero attached hydrogens (tertiary/aromatic N) is 1. The Bertz CT molecular complexity index is 418. The SMILES string of the molecule is CC[N+](CC)(CC)CCC(C)OCC(C)(C)Oc1ccccc1. The smallest absolute Gasteiger partial charge is 0.127 e. The van der Waals surface area contributed by atoms with Gasteiger partial charge in [-0.25, -0.2) is 0 Å². The molecular weight excluding hydrogens is 286 g/mol. The first-order valence-corrected chi connectivity index (χ1v) is 9.07. The van der Waals surface area contributed by atoms with Crippen molar-refractivity contribution in [3.8, 4) is 5.75 Å². The number of benzene rings is 1. The van der Waals surface area contributed by atoms with Gasteiger partial charge in [0.1, 0.15) is 11.4 Å². The average Bonchev–Trinajstić information content (AvgIpc) is 2.55. The van der Waals surface area contributed by atoms with Crippen molar-refractivity contribution in [3.05, 3.63) is 30.3 Å². The number of rotatable bonds is 11. The molecule has 0 bridgehead atoms. The van der Waals surface area contributed by atoms with Gasteiger partial charge in [-0.1, -0.05) is 18.2 Å². The summed E-state index contributed by atoms with van der Waals surface area (Å²) in [6.07, 6.45) is 1.35. The minimum Gasteiger partial charge on any atom is -0.485 e. The molecule has 0 fully saturated rings. The molecule has 0 saturated heterocycles. The number of para-hydroxylation sites is 1. The van der Waals surface area contributed by atoms with E-state index in [9.17, 15) is 0 Å². The predicted octanol–water partition coefficient (Wildman–Crippen LogP) is 4.52. The molecule has 1 atom stereocenters. The van der Waals surface area contributed by atoms with Gasteiger partial charge in [0.05, 0.1) is 38.9 Å². The molecule has 23 heavy (non-hydrogen) atoms. The molecule has 0 spiro atoms. The van der Waals surface area contributed by atoms with E-state index < -0.39 is 0 Å². The van der Waals surface area contributed by atoms with Crippen molar-refractivity contribution in [2.24, 2.45) is 0 Å². The molecule has 1 unspecified atom stereocenters. The molecule has 0 N–H and O–H groups in total. The van der Waals surface area contributed by atoms with E-state index in [-0.39, 0.29) is 11.7 Å². The fraction of sp³-hybridized carbons (Fsp3) is 0.700. The lowest BCUT2D eigenvalue weighted by Gasteiger charge is -2.37. The van der Waals surface area contributed by atoms with Gasteiger partial charge in [0.15, 0.2) is 0 Å². The quantitative estimate of drug-likeness (QED) is 0.558. The van der Waals surface area contributed by atoms with Crippen LogP contribution in [0.1, 0.15) is 48.0 Å². The van der Waals surface area contributed by atoms with E-state index in [4.69, 9.17) is 9.47 Å². The molecule has 1 aromatic carbocycles. The van der Waals surface area contributed by atoms with Crippen molar-refractivity contribution < 1.29 is 14.0 Å². The topological polar surface area (TPSA) is 18.5 Å². The van der Waals surface area contributed by atoms with Gasteiger partial charge in [-0.15, -0.1) is 0 Å². The highest BCUT2D eigenvalue weighted by molar-refractivity contribution is 5.21. The Morgan fingerprint density at radius 1 is 1.00 bits per heavy atom. The summed E-state index contributed by atoms with van der Waals surface area (Å²) in [7, 11) is 0. The van der Waals surface area contributed by atoms with E-state index in [1.165, 1.54) is 30.7 Å². The summed E-state index contributed by atoms with van der Waals surface area (Å²) in [5, 5.41) is 0. The molecule has 0 saturated carbocycles. The van der Waals surface area contributed by atoms with Crippen LogP contribution in [0.4, 0.5) is 0 Å². The summed E-state index contributed by atoms with van der Waals surface area (Å²) in [5.41, 5.74) is -0.318. The van der Waals surface area contributed by atoms with Gasteiger partial charge >= 0.3 is 0 Å². The monoisotopic (exact) mass is 322 g/mol. The maximum Gasteiger partial charge on any atom is 0.127 e. The minimum absolute atomic E-state index is 0.260. The molecule has 0 amide bonds. The molecule has 3 heteroatoms. The summed E-state index contributed by atoms with van der Waals surface area (Å²) >= 11 is 0. The predicted molar refractivity (Wildman–Crippen MR) is 97.9 cm³/mol. The normalized spacial score (nSPS) is 13.8. The van der Waals surface area contributed by atoms with E-state index in [0.29, 0.717) is 6.61 Å². The number of ether oxygens (including phenoxy) is 2. The average molecular weight is 323 g/mol. The maximum absolute atomic E-state index is 6.07. The first-order chi connectivity index (χ1) is 10.9. The second-order valence-corrected chi connectivity index (χ2v) is 7.10. The van der Waals surface area contributed by atoms with Crippen molar-refractivity contribution in [1.82, 2.24) is 0 Å². The second kappa shape index (κ2) is 9.29. The summed E-state index contributed by atoms with van der Waals surface area (Å²) < 4.78 is 13.3. The van der Waals surface area contributed by atoms with Gasteiger partial charge in [-0.05, 0) is 53.7 Å². The van der Waals surface area contributed by atoms with Crippen LogP contribution in [0.15, 0.2) is 30.3 Å². The van der Waals surface area contributed by atoms with Crippen molar-refractivity contribution >= 4 is 0 Å². The standard InChI is InChI=1S/C20H36NO2/c1-7-21(8-2,9-3)16-15-18(4)22-17-20(5,6)23-19-13-11-10-12-14-19/h10-14,18H,7-9,15-17H2,1-6H3/q+1. The fourth-order valence-electron chi connectivity index (χ4n) is 2.86. The Labute approximate surface area is 143 Å². The molecule has 0 aliphatic carbocycles. The lowest BCUT2D eigenvalue weighted by molar-refractivity contribution is -0.923. The fourth-order valence-corrected chi connectivity index (χ4v) is 2.86. The van der Waals surface area contributed by atoms with Crippen LogP contribution in [0.25, 0.3) is 0 Å². The highest BCUT2D eigenvalue weighted by Crippen LogP contribution is 2.19. The molecule has 0 aliphatic heterocycles. The van der Waals surface area contributed by atoms with E-state index in [2.05, 4.69) is 41.5 Å². The summed E-state index contributed by atoms with van der Waals surface area (Å²) in [6.45, 7) is 18.6. The van der Waals surface area contributed by atoms with Crippen molar-refractivity contribution in [2.75, 3.05) is 32.8 Å². The van der Waals surface area contributed by atoms with Gasteiger partial charge < -0.3 is 14.0 Å². The third-order valence-corrected chi connectivity index (χ3v) is 4.88. The largest absolute Gasteiger partial charge is 0.485 e. The van der Waals surface area contributed by atoms with Crippen LogP contribution in [0.3, 0.4) is 0 Å². The zero-order valence-corrected chi connectivity index (χ0v) is 16.0. The molecule has 0 aliphatic rings. The van der Waals surface area contributed by atoms with Crippen molar-refractivity contribution in [2.45, 2.75) is 59.7 Å². The maximum atomic E-state index is 6.07. The van der Waals surface area contributed by atoms with Gasteiger partial charge in [0.25, 0.3) is 0 Å². The third-order valence-electron chi connectivity index (χ3n) is 4.88. The molecule has 1 rings (SSSR count). The lowest BCUT2D eigenvalue weighted by Crippen LogP contribution is -2.49. The Balaban J connectivity index is 2.41. The summed E-state index contributed by atoms with van der Waals surface area (Å²) in [6, 6.07) is 9.96. The van der Waals surface area contributed by atoms with Gasteiger partial charge in [0, 0.05) is 6.42 Å². The van der Waals surface area contributed by atoms with E-state index >= 15 is 0 Å². The van der Waals surface area contributed by atoms with E-state index in [1.54, 1.807) is 0 Å².